The molecule has 0 radical (unpaired) electrons. The van der Waals surface area contributed by atoms with E-state index in [4.69, 9.17) is 5.26 Å². The van der Waals surface area contributed by atoms with E-state index < -0.39 is 0 Å². The van der Waals surface area contributed by atoms with Crippen molar-refractivity contribution < 1.29 is 0 Å². The molecule has 1 aliphatic rings. The van der Waals surface area contributed by atoms with Crippen LogP contribution in [-0.2, 0) is 19.4 Å². The van der Waals surface area contributed by atoms with Crippen molar-refractivity contribution in [1.82, 2.24) is 4.90 Å². The first-order valence-corrected chi connectivity index (χ1v) is 6.43. The number of fused-ring (bicyclic) bond motifs is 1. The highest BCUT2D eigenvalue weighted by Crippen LogP contribution is 2.24. The van der Waals surface area contributed by atoms with E-state index in [1.165, 1.54) is 16.7 Å². The lowest BCUT2D eigenvalue weighted by Gasteiger charge is -2.33. The van der Waals surface area contributed by atoms with E-state index in [0.29, 0.717) is 12.5 Å². The lowest BCUT2D eigenvalue weighted by molar-refractivity contribution is 0.202. The second-order valence-electron chi connectivity index (χ2n) is 5.03. The molecule has 0 saturated heterocycles. The van der Waals surface area contributed by atoms with Gasteiger partial charge in [0.2, 0.25) is 0 Å². The number of hydrogen-bond acceptors (Lipinski definition) is 2. The summed E-state index contributed by atoms with van der Waals surface area (Å²) in [4.78, 5) is 2.51. The van der Waals surface area contributed by atoms with Gasteiger partial charge in [0.15, 0.2) is 0 Å². The molecular weight excluding hydrogens is 208 g/mol. The molecule has 1 heterocycles. The summed E-state index contributed by atoms with van der Waals surface area (Å²) in [7, 11) is 0. The molecule has 0 atom stereocenters. The third-order valence-electron chi connectivity index (χ3n) is 3.64. The van der Waals surface area contributed by atoms with E-state index in [1.807, 2.05) is 0 Å². The minimum absolute atomic E-state index is 0.604. The lowest BCUT2D eigenvalue weighted by atomic mass is 9.92. The Kier molecular flexibility index (Phi) is 3.81. The third kappa shape index (κ3) is 2.68. The second-order valence-corrected chi connectivity index (χ2v) is 5.03. The van der Waals surface area contributed by atoms with Crippen molar-refractivity contribution in [2.75, 3.05) is 6.54 Å². The van der Waals surface area contributed by atoms with Gasteiger partial charge < -0.3 is 0 Å². The summed E-state index contributed by atoms with van der Waals surface area (Å²) < 4.78 is 0. The quantitative estimate of drug-likeness (QED) is 0.795. The number of benzene rings is 1. The lowest BCUT2D eigenvalue weighted by Crippen LogP contribution is -2.36. The van der Waals surface area contributed by atoms with Crippen LogP contribution in [0.4, 0.5) is 0 Å². The van der Waals surface area contributed by atoms with Gasteiger partial charge in [-0.15, -0.1) is 0 Å². The second kappa shape index (κ2) is 5.33. The fourth-order valence-electron chi connectivity index (χ4n) is 2.54. The average Bonchev–Trinajstić information content (AvgIpc) is 2.35. The van der Waals surface area contributed by atoms with Crippen molar-refractivity contribution in [1.29, 1.82) is 5.26 Å². The van der Waals surface area contributed by atoms with Crippen LogP contribution in [0, 0.1) is 11.3 Å². The molecule has 0 bridgehead atoms. The highest BCUT2D eigenvalue weighted by molar-refractivity contribution is 5.37. The molecule has 90 valence electrons. The normalized spacial score (nSPS) is 15.6. The zero-order chi connectivity index (χ0) is 12.3. The molecular formula is C15H20N2. The van der Waals surface area contributed by atoms with Crippen molar-refractivity contribution in [3.63, 3.8) is 0 Å². The Morgan fingerprint density at radius 3 is 2.94 bits per heavy atom. The Balaban J connectivity index is 2.24. The molecule has 0 fully saturated rings. The summed E-state index contributed by atoms with van der Waals surface area (Å²) in [5, 5.41) is 8.71. The van der Waals surface area contributed by atoms with E-state index in [2.05, 4.69) is 43.0 Å². The van der Waals surface area contributed by atoms with Gasteiger partial charge in [0.25, 0.3) is 0 Å². The zero-order valence-corrected chi connectivity index (χ0v) is 10.7. The maximum atomic E-state index is 8.71. The van der Waals surface area contributed by atoms with Crippen LogP contribution in [0.15, 0.2) is 18.2 Å². The molecule has 2 rings (SSSR count). The van der Waals surface area contributed by atoms with Gasteiger partial charge in [-0.25, -0.2) is 0 Å². The van der Waals surface area contributed by atoms with Crippen molar-refractivity contribution in [2.45, 2.75) is 45.7 Å². The van der Waals surface area contributed by atoms with Crippen molar-refractivity contribution >= 4 is 0 Å². The fourth-order valence-corrected chi connectivity index (χ4v) is 2.54. The molecule has 2 heteroatoms. The minimum Gasteiger partial charge on any atom is -0.296 e. The standard InChI is InChI=1S/C15H20N2/c1-12(2)17-10-8-14-6-3-5-13(7-4-9-16)15(14)11-17/h3,5-6,12H,4,7-8,10-11H2,1-2H3. The van der Waals surface area contributed by atoms with Crippen molar-refractivity contribution in [3.8, 4) is 6.07 Å². The molecule has 0 aliphatic carbocycles. The maximum Gasteiger partial charge on any atom is 0.0625 e. The van der Waals surface area contributed by atoms with Crippen LogP contribution in [0.5, 0.6) is 0 Å². The molecule has 1 aromatic carbocycles. The molecule has 0 aromatic heterocycles. The summed E-state index contributed by atoms with van der Waals surface area (Å²) in [5.74, 6) is 0. The van der Waals surface area contributed by atoms with E-state index >= 15 is 0 Å². The smallest absolute Gasteiger partial charge is 0.0625 e. The first-order chi connectivity index (χ1) is 8.22. The molecule has 1 aliphatic heterocycles. The monoisotopic (exact) mass is 228 g/mol. The van der Waals surface area contributed by atoms with Crippen LogP contribution in [0.3, 0.4) is 0 Å². The van der Waals surface area contributed by atoms with Gasteiger partial charge >= 0.3 is 0 Å². The van der Waals surface area contributed by atoms with Crippen LogP contribution in [0.25, 0.3) is 0 Å². The van der Waals surface area contributed by atoms with Crippen LogP contribution < -0.4 is 0 Å². The van der Waals surface area contributed by atoms with Gasteiger partial charge in [0.1, 0.15) is 0 Å². The van der Waals surface area contributed by atoms with Gasteiger partial charge in [-0.05, 0) is 43.4 Å². The number of rotatable bonds is 3. The van der Waals surface area contributed by atoms with Gasteiger partial charge in [-0.2, -0.15) is 5.26 Å². The van der Waals surface area contributed by atoms with E-state index in [0.717, 1.165) is 25.9 Å². The van der Waals surface area contributed by atoms with Crippen molar-refractivity contribution in [3.05, 3.63) is 34.9 Å². The Bertz CT molecular complexity index is 429. The Morgan fingerprint density at radius 1 is 1.41 bits per heavy atom. The molecule has 2 nitrogen and oxygen atoms in total. The Morgan fingerprint density at radius 2 is 2.24 bits per heavy atom. The summed E-state index contributed by atoms with van der Waals surface area (Å²) in [6.07, 6.45) is 2.66. The number of hydrogen-bond donors (Lipinski definition) is 0. The van der Waals surface area contributed by atoms with Crippen LogP contribution in [0.1, 0.15) is 37.0 Å². The number of nitrogens with zero attached hydrogens (tertiary/aromatic N) is 2. The number of nitriles is 1. The fraction of sp³-hybridized carbons (Fsp3) is 0.533. The Hall–Kier alpha value is -1.33. The first kappa shape index (κ1) is 12.1. The van der Waals surface area contributed by atoms with E-state index in [-0.39, 0.29) is 0 Å². The first-order valence-electron chi connectivity index (χ1n) is 6.43. The van der Waals surface area contributed by atoms with E-state index in [9.17, 15) is 0 Å². The van der Waals surface area contributed by atoms with Gasteiger partial charge in [-0.1, -0.05) is 18.2 Å². The summed E-state index contributed by atoms with van der Waals surface area (Å²) in [6.45, 7) is 6.72. The topological polar surface area (TPSA) is 27.0 Å². The molecule has 0 spiro atoms. The third-order valence-corrected chi connectivity index (χ3v) is 3.64. The minimum atomic E-state index is 0.604. The highest BCUT2D eigenvalue weighted by atomic mass is 15.1. The molecule has 1 aromatic rings. The van der Waals surface area contributed by atoms with Gasteiger partial charge in [0.05, 0.1) is 6.07 Å². The van der Waals surface area contributed by atoms with E-state index in [1.54, 1.807) is 0 Å². The van der Waals surface area contributed by atoms with Gasteiger partial charge in [-0.3, -0.25) is 4.90 Å². The molecule has 0 N–H and O–H groups in total. The number of aryl methyl sites for hydroxylation is 1. The van der Waals surface area contributed by atoms with Crippen molar-refractivity contribution in [2.24, 2.45) is 0 Å². The maximum absolute atomic E-state index is 8.71. The average molecular weight is 228 g/mol. The largest absolute Gasteiger partial charge is 0.296 e. The molecule has 0 amide bonds. The van der Waals surface area contributed by atoms with Crippen LogP contribution in [-0.4, -0.2) is 17.5 Å². The molecule has 0 unspecified atom stereocenters. The van der Waals surface area contributed by atoms with Gasteiger partial charge in [0, 0.05) is 25.6 Å². The van der Waals surface area contributed by atoms with Crippen LogP contribution in [0.2, 0.25) is 0 Å². The predicted octanol–water partition coefficient (Wildman–Crippen LogP) is 2.91. The summed E-state index contributed by atoms with van der Waals surface area (Å²) >= 11 is 0. The summed E-state index contributed by atoms with van der Waals surface area (Å²) in [6, 6.07) is 9.40. The van der Waals surface area contributed by atoms with Crippen LogP contribution >= 0.6 is 0 Å². The highest BCUT2D eigenvalue weighted by Gasteiger charge is 2.20. The zero-order valence-electron chi connectivity index (χ0n) is 10.7. The summed E-state index contributed by atoms with van der Waals surface area (Å²) in [5.41, 5.74) is 4.33. The molecule has 17 heavy (non-hydrogen) atoms. The Labute approximate surface area is 104 Å². The predicted molar refractivity (Wildman–Crippen MR) is 69.6 cm³/mol. The SMILES string of the molecule is CC(C)N1CCc2cccc(CCC#N)c2C1. The molecule has 0 saturated carbocycles.